The predicted octanol–water partition coefficient (Wildman–Crippen LogP) is 7.07. The van der Waals surface area contributed by atoms with Crippen molar-refractivity contribution in [1.29, 1.82) is 0 Å². The minimum absolute atomic E-state index is 0.0624. The van der Waals surface area contributed by atoms with E-state index in [1.807, 2.05) is 32.0 Å². The van der Waals surface area contributed by atoms with Crippen LogP contribution in [0, 0.1) is 5.92 Å². The van der Waals surface area contributed by atoms with Crippen LogP contribution in [-0.4, -0.2) is 44.3 Å². The van der Waals surface area contributed by atoms with Gasteiger partial charge in [0.25, 0.3) is 0 Å². The van der Waals surface area contributed by atoms with E-state index in [0.29, 0.717) is 51.3 Å². The SMILES string of the molecule is CC(C)c1onc(-c2c(Cl)cccc2Cl)c1COc1ccc2c(ccn2C(=O)N2CC[C@H](C(=O)O)C2C)c1. The lowest BCUT2D eigenvalue weighted by atomic mass is 10.0. The Morgan fingerprint density at radius 1 is 1.18 bits per heavy atom. The van der Waals surface area contributed by atoms with Gasteiger partial charge in [-0.25, -0.2) is 4.79 Å². The molecular weight excluding hydrogens is 529 g/mol. The molecule has 10 heteroatoms. The fourth-order valence-corrected chi connectivity index (χ4v) is 5.62. The van der Waals surface area contributed by atoms with Gasteiger partial charge in [-0.1, -0.05) is 48.3 Å². The number of carboxylic acid groups (broad SMARTS) is 1. The highest BCUT2D eigenvalue weighted by atomic mass is 35.5. The summed E-state index contributed by atoms with van der Waals surface area (Å²) < 4.78 is 13.4. The molecular formula is C28H27Cl2N3O5. The van der Waals surface area contributed by atoms with Crippen molar-refractivity contribution >= 4 is 46.1 Å². The number of fused-ring (bicyclic) bond motifs is 1. The summed E-state index contributed by atoms with van der Waals surface area (Å²) in [6.07, 6.45) is 2.15. The van der Waals surface area contributed by atoms with E-state index in [1.54, 1.807) is 46.9 Å². The van der Waals surface area contributed by atoms with Crippen LogP contribution >= 0.6 is 23.2 Å². The molecule has 198 valence electrons. The molecule has 1 aliphatic rings. The molecule has 1 fully saturated rings. The van der Waals surface area contributed by atoms with Gasteiger partial charge in [-0.2, -0.15) is 0 Å². The molecule has 4 aromatic rings. The van der Waals surface area contributed by atoms with Gasteiger partial charge >= 0.3 is 12.0 Å². The zero-order valence-corrected chi connectivity index (χ0v) is 22.7. The summed E-state index contributed by atoms with van der Waals surface area (Å²) in [5, 5.41) is 15.4. The van der Waals surface area contributed by atoms with Gasteiger partial charge in [0, 0.05) is 35.7 Å². The maximum Gasteiger partial charge on any atom is 0.328 e. The van der Waals surface area contributed by atoms with Crippen LogP contribution in [0.1, 0.15) is 44.4 Å². The van der Waals surface area contributed by atoms with E-state index in [-0.39, 0.29) is 24.6 Å². The van der Waals surface area contributed by atoms with E-state index in [2.05, 4.69) is 5.16 Å². The number of carboxylic acids is 1. The molecule has 0 aliphatic carbocycles. The monoisotopic (exact) mass is 555 g/mol. The Kier molecular flexibility index (Phi) is 7.11. The number of halogens is 2. The number of rotatable bonds is 6. The number of aliphatic carboxylic acids is 1. The summed E-state index contributed by atoms with van der Waals surface area (Å²) >= 11 is 12.9. The number of nitrogens with zero attached hydrogens (tertiary/aromatic N) is 3. The van der Waals surface area contributed by atoms with Gasteiger partial charge in [-0.15, -0.1) is 0 Å². The van der Waals surface area contributed by atoms with Crippen molar-refractivity contribution in [3.8, 4) is 17.0 Å². The predicted molar refractivity (Wildman–Crippen MR) is 145 cm³/mol. The van der Waals surface area contributed by atoms with E-state index in [4.69, 9.17) is 32.5 Å². The molecule has 38 heavy (non-hydrogen) atoms. The lowest BCUT2D eigenvalue weighted by Crippen LogP contribution is -2.39. The van der Waals surface area contributed by atoms with Crippen molar-refractivity contribution in [3.05, 3.63) is 70.0 Å². The fraction of sp³-hybridized carbons (Fsp3) is 0.321. The molecule has 0 bridgehead atoms. The van der Waals surface area contributed by atoms with Crippen molar-refractivity contribution < 1.29 is 24.0 Å². The van der Waals surface area contributed by atoms with Crippen LogP contribution < -0.4 is 4.74 Å². The first-order valence-electron chi connectivity index (χ1n) is 12.4. The number of carbonyl (C=O) groups is 2. The Labute approximate surface area is 229 Å². The number of ether oxygens (including phenoxy) is 1. The first-order valence-corrected chi connectivity index (χ1v) is 13.1. The summed E-state index contributed by atoms with van der Waals surface area (Å²) in [4.78, 5) is 26.3. The maximum absolute atomic E-state index is 13.2. The highest BCUT2D eigenvalue weighted by molar-refractivity contribution is 6.39. The summed E-state index contributed by atoms with van der Waals surface area (Å²) in [6.45, 7) is 6.39. The van der Waals surface area contributed by atoms with E-state index < -0.39 is 11.9 Å². The van der Waals surface area contributed by atoms with E-state index >= 15 is 0 Å². The first kappa shape index (κ1) is 26.1. The third-order valence-electron chi connectivity index (χ3n) is 7.11. The van der Waals surface area contributed by atoms with Gasteiger partial charge in [0.1, 0.15) is 23.8 Å². The van der Waals surface area contributed by atoms with Crippen molar-refractivity contribution in [1.82, 2.24) is 14.6 Å². The Balaban J connectivity index is 1.39. The van der Waals surface area contributed by atoms with Crippen LogP contribution in [0.15, 0.2) is 53.2 Å². The smallest absolute Gasteiger partial charge is 0.328 e. The van der Waals surface area contributed by atoms with Crippen LogP contribution in [0.4, 0.5) is 4.79 Å². The molecule has 2 aromatic carbocycles. The van der Waals surface area contributed by atoms with Gasteiger partial charge in [-0.3, -0.25) is 9.36 Å². The van der Waals surface area contributed by atoms with E-state index in [0.717, 1.165) is 10.9 Å². The summed E-state index contributed by atoms with van der Waals surface area (Å²) in [7, 11) is 0. The molecule has 1 N–H and O–H groups in total. The van der Waals surface area contributed by atoms with Crippen molar-refractivity contribution in [2.24, 2.45) is 5.92 Å². The molecule has 0 spiro atoms. The second-order valence-corrected chi connectivity index (χ2v) is 10.6. The quantitative estimate of drug-likeness (QED) is 0.273. The Bertz CT molecular complexity index is 1510. The lowest BCUT2D eigenvalue weighted by Gasteiger charge is -2.23. The van der Waals surface area contributed by atoms with Crippen LogP contribution in [0.3, 0.4) is 0 Å². The minimum atomic E-state index is -0.875. The largest absolute Gasteiger partial charge is 0.489 e. The normalized spacial score (nSPS) is 17.5. The Hall–Kier alpha value is -3.49. The Morgan fingerprint density at radius 3 is 2.58 bits per heavy atom. The minimum Gasteiger partial charge on any atom is -0.489 e. The van der Waals surface area contributed by atoms with Crippen LogP contribution in [-0.2, 0) is 11.4 Å². The fourth-order valence-electron chi connectivity index (χ4n) is 5.05. The zero-order valence-electron chi connectivity index (χ0n) is 21.1. The average molecular weight is 556 g/mol. The average Bonchev–Trinajstić information content (AvgIpc) is 3.58. The summed E-state index contributed by atoms with van der Waals surface area (Å²) in [6, 6.07) is 12.0. The highest BCUT2D eigenvalue weighted by Crippen LogP contribution is 2.39. The molecule has 1 saturated heterocycles. The van der Waals surface area contributed by atoms with E-state index in [1.165, 1.54) is 0 Å². The summed E-state index contributed by atoms with van der Waals surface area (Å²) in [5.74, 6) is -0.0735. The van der Waals surface area contributed by atoms with Crippen LogP contribution in [0.5, 0.6) is 5.75 Å². The molecule has 0 saturated carbocycles. The maximum atomic E-state index is 13.2. The third kappa shape index (κ3) is 4.63. The second kappa shape index (κ2) is 10.3. The van der Waals surface area contributed by atoms with Crippen molar-refractivity contribution in [2.75, 3.05) is 6.54 Å². The topological polar surface area (TPSA) is 97.8 Å². The molecule has 5 rings (SSSR count). The number of likely N-dealkylation sites (tertiary alicyclic amines) is 1. The molecule has 1 amide bonds. The highest BCUT2D eigenvalue weighted by Gasteiger charge is 2.38. The Morgan fingerprint density at radius 2 is 1.92 bits per heavy atom. The molecule has 8 nitrogen and oxygen atoms in total. The van der Waals surface area contributed by atoms with E-state index in [9.17, 15) is 14.7 Å². The third-order valence-corrected chi connectivity index (χ3v) is 7.74. The molecule has 3 heterocycles. The first-order chi connectivity index (χ1) is 18.2. The molecule has 2 atom stereocenters. The van der Waals surface area contributed by atoms with Gasteiger partial charge < -0.3 is 19.3 Å². The lowest BCUT2D eigenvalue weighted by molar-refractivity contribution is -0.142. The van der Waals surface area contributed by atoms with Crippen molar-refractivity contribution in [2.45, 2.75) is 45.8 Å². The van der Waals surface area contributed by atoms with Crippen LogP contribution in [0.25, 0.3) is 22.2 Å². The number of aromatic nitrogens is 2. The van der Waals surface area contributed by atoms with Gasteiger partial charge in [0.15, 0.2) is 0 Å². The number of benzene rings is 2. The molecule has 1 aliphatic heterocycles. The number of hydrogen-bond donors (Lipinski definition) is 1. The van der Waals surface area contributed by atoms with Crippen LogP contribution in [0.2, 0.25) is 10.0 Å². The summed E-state index contributed by atoms with van der Waals surface area (Å²) in [5.41, 5.74) is 2.61. The molecule has 0 radical (unpaired) electrons. The van der Waals surface area contributed by atoms with Gasteiger partial charge in [-0.05, 0) is 49.7 Å². The molecule has 1 unspecified atom stereocenters. The number of carbonyl (C=O) groups excluding carboxylic acids is 1. The number of hydrogen-bond acceptors (Lipinski definition) is 5. The number of amides is 1. The zero-order chi connectivity index (χ0) is 27.1. The second-order valence-electron chi connectivity index (χ2n) is 9.77. The van der Waals surface area contributed by atoms with Gasteiger partial charge in [0.05, 0.1) is 27.0 Å². The molecule has 2 aromatic heterocycles. The standard InChI is InChI=1S/C28H27Cl2N3O5/c1-15(2)26-20(25(31-38-26)24-21(29)5-4-6-22(24)30)14-37-18-7-8-23-17(13-18)9-11-33(23)28(36)32-12-10-19(16(32)3)27(34)35/h4-9,11,13,15-16,19H,10,12,14H2,1-3H3,(H,34,35)/t16?,19-/m0/s1. The van der Waals surface area contributed by atoms with Crippen molar-refractivity contribution in [3.63, 3.8) is 0 Å². The van der Waals surface area contributed by atoms with Gasteiger partial charge in [0.2, 0.25) is 0 Å².